The van der Waals surface area contributed by atoms with E-state index < -0.39 is 0 Å². The average molecular weight is 413 g/mol. The minimum absolute atomic E-state index is 0.211. The Morgan fingerprint density at radius 1 is 0.733 bits per heavy atom. The molecule has 0 saturated heterocycles. The van der Waals surface area contributed by atoms with Gasteiger partial charge in [0.05, 0.1) is 0 Å². The number of esters is 2. The number of fused-ring (bicyclic) bond motifs is 1. The Labute approximate surface area is 181 Å². The normalized spacial score (nSPS) is 10.9. The van der Waals surface area contributed by atoms with Crippen molar-refractivity contribution in [3.63, 3.8) is 0 Å². The van der Waals surface area contributed by atoms with Crippen molar-refractivity contribution < 1.29 is 19.1 Å². The molecule has 0 radical (unpaired) electrons. The second kappa shape index (κ2) is 12.4. The first-order valence-electron chi connectivity index (χ1n) is 11.4. The maximum Gasteiger partial charge on any atom is 0.311 e. The van der Waals surface area contributed by atoms with Gasteiger partial charge >= 0.3 is 11.9 Å². The molecule has 2 aromatic rings. The summed E-state index contributed by atoms with van der Waals surface area (Å²) in [6, 6.07) is 7.71. The van der Waals surface area contributed by atoms with Crippen LogP contribution in [-0.2, 0) is 9.59 Å². The van der Waals surface area contributed by atoms with E-state index >= 15 is 0 Å². The van der Waals surface area contributed by atoms with Crippen LogP contribution in [0.3, 0.4) is 0 Å². The number of carbonyl (C=O) groups excluding carboxylic acids is 2. The lowest BCUT2D eigenvalue weighted by molar-refractivity contribution is -0.135. The SMILES string of the molecule is CCCCCCC(=O)Oc1cc(C)c(OC(=O)CCCCCC)c2ccc(C)cc12. The number of ether oxygens (including phenoxy) is 2. The molecule has 0 bridgehead atoms. The molecule has 0 spiro atoms. The highest BCUT2D eigenvalue weighted by atomic mass is 16.5. The molecule has 0 aliphatic heterocycles. The molecule has 0 N–H and O–H groups in total. The van der Waals surface area contributed by atoms with Gasteiger partial charge in [0, 0.05) is 23.6 Å². The van der Waals surface area contributed by atoms with Crippen LogP contribution in [0.1, 0.15) is 89.2 Å². The molecular formula is C26H36O4. The van der Waals surface area contributed by atoms with E-state index in [1.165, 1.54) is 0 Å². The monoisotopic (exact) mass is 412 g/mol. The van der Waals surface area contributed by atoms with E-state index in [1.54, 1.807) is 0 Å². The van der Waals surface area contributed by atoms with E-state index in [1.807, 2.05) is 38.1 Å². The first-order valence-corrected chi connectivity index (χ1v) is 11.4. The molecule has 164 valence electrons. The van der Waals surface area contributed by atoms with Crippen molar-refractivity contribution in [2.45, 2.75) is 91.9 Å². The first kappa shape index (κ1) is 23.9. The fraction of sp³-hybridized carbons (Fsp3) is 0.538. The van der Waals surface area contributed by atoms with Crippen molar-refractivity contribution in [3.05, 3.63) is 35.4 Å². The number of rotatable bonds is 12. The van der Waals surface area contributed by atoms with Crippen LogP contribution in [0.5, 0.6) is 11.5 Å². The van der Waals surface area contributed by atoms with E-state index in [-0.39, 0.29) is 11.9 Å². The van der Waals surface area contributed by atoms with Crippen LogP contribution in [0.4, 0.5) is 0 Å². The number of hydrogen-bond acceptors (Lipinski definition) is 4. The summed E-state index contributed by atoms with van der Waals surface area (Å²) < 4.78 is 11.5. The van der Waals surface area contributed by atoms with E-state index in [4.69, 9.17) is 9.47 Å². The van der Waals surface area contributed by atoms with Gasteiger partial charge in [0.2, 0.25) is 0 Å². The number of unbranched alkanes of at least 4 members (excludes halogenated alkanes) is 6. The van der Waals surface area contributed by atoms with Crippen molar-refractivity contribution >= 4 is 22.7 Å². The zero-order chi connectivity index (χ0) is 21.9. The topological polar surface area (TPSA) is 52.6 Å². The van der Waals surface area contributed by atoms with Gasteiger partial charge < -0.3 is 9.47 Å². The van der Waals surface area contributed by atoms with Gasteiger partial charge in [-0.25, -0.2) is 0 Å². The van der Waals surface area contributed by atoms with Crippen LogP contribution in [-0.4, -0.2) is 11.9 Å². The Kier molecular flexibility index (Phi) is 9.85. The first-order chi connectivity index (χ1) is 14.5. The number of benzene rings is 2. The van der Waals surface area contributed by atoms with E-state index in [0.29, 0.717) is 24.3 Å². The molecule has 30 heavy (non-hydrogen) atoms. The molecule has 0 fully saturated rings. The highest BCUT2D eigenvalue weighted by Crippen LogP contribution is 2.37. The third kappa shape index (κ3) is 7.16. The van der Waals surface area contributed by atoms with Crippen LogP contribution in [0.15, 0.2) is 24.3 Å². The smallest absolute Gasteiger partial charge is 0.311 e. The van der Waals surface area contributed by atoms with E-state index in [9.17, 15) is 9.59 Å². The Balaban J connectivity index is 2.19. The Morgan fingerprint density at radius 3 is 1.93 bits per heavy atom. The highest BCUT2D eigenvalue weighted by molar-refractivity contribution is 5.97. The van der Waals surface area contributed by atoms with Crippen molar-refractivity contribution in [2.24, 2.45) is 0 Å². The van der Waals surface area contributed by atoms with Gasteiger partial charge in [0.15, 0.2) is 0 Å². The van der Waals surface area contributed by atoms with Crippen molar-refractivity contribution in [2.75, 3.05) is 0 Å². The van der Waals surface area contributed by atoms with E-state index in [2.05, 4.69) is 13.8 Å². The summed E-state index contributed by atoms with van der Waals surface area (Å²) in [6.45, 7) is 8.18. The minimum atomic E-state index is -0.214. The Morgan fingerprint density at radius 2 is 1.33 bits per heavy atom. The molecule has 4 heteroatoms. The molecule has 0 aliphatic carbocycles. The van der Waals surface area contributed by atoms with Gasteiger partial charge in [0.25, 0.3) is 0 Å². The molecule has 4 nitrogen and oxygen atoms in total. The molecule has 2 aromatic carbocycles. The summed E-state index contributed by atoms with van der Waals surface area (Å²) in [5.41, 5.74) is 1.85. The second-order valence-electron chi connectivity index (χ2n) is 8.14. The third-order valence-corrected chi connectivity index (χ3v) is 5.30. The summed E-state index contributed by atoms with van der Waals surface area (Å²) in [5.74, 6) is 0.674. The molecule has 0 unspecified atom stereocenters. The third-order valence-electron chi connectivity index (χ3n) is 5.30. The summed E-state index contributed by atoms with van der Waals surface area (Å²) in [5, 5.41) is 1.60. The lowest BCUT2D eigenvalue weighted by atomic mass is 10.0. The van der Waals surface area contributed by atoms with Crippen LogP contribution in [0.25, 0.3) is 10.8 Å². The van der Waals surface area contributed by atoms with Gasteiger partial charge in [-0.15, -0.1) is 0 Å². The average Bonchev–Trinajstić information content (AvgIpc) is 2.71. The number of carbonyl (C=O) groups is 2. The zero-order valence-electron chi connectivity index (χ0n) is 19.0. The molecule has 2 rings (SSSR count). The fourth-order valence-corrected chi connectivity index (χ4v) is 3.56. The lowest BCUT2D eigenvalue weighted by Gasteiger charge is -2.15. The molecule has 0 amide bonds. The maximum absolute atomic E-state index is 12.4. The van der Waals surface area contributed by atoms with Crippen LogP contribution in [0, 0.1) is 13.8 Å². The van der Waals surface area contributed by atoms with Gasteiger partial charge in [-0.2, -0.15) is 0 Å². The van der Waals surface area contributed by atoms with Gasteiger partial charge in [-0.3, -0.25) is 9.59 Å². The van der Waals surface area contributed by atoms with Crippen molar-refractivity contribution in [3.8, 4) is 11.5 Å². The predicted molar refractivity (Wildman–Crippen MR) is 122 cm³/mol. The molecule has 0 heterocycles. The second-order valence-corrected chi connectivity index (χ2v) is 8.14. The summed E-state index contributed by atoms with van der Waals surface area (Å²) in [4.78, 5) is 24.7. The summed E-state index contributed by atoms with van der Waals surface area (Å²) in [6.07, 6.45) is 9.14. The molecule has 0 saturated carbocycles. The van der Waals surface area contributed by atoms with Crippen LogP contribution >= 0.6 is 0 Å². The lowest BCUT2D eigenvalue weighted by Crippen LogP contribution is -2.11. The fourth-order valence-electron chi connectivity index (χ4n) is 3.56. The largest absolute Gasteiger partial charge is 0.426 e. The minimum Gasteiger partial charge on any atom is -0.426 e. The quantitative estimate of drug-likeness (QED) is 0.210. The Bertz CT molecular complexity index is 854. The van der Waals surface area contributed by atoms with Crippen LogP contribution < -0.4 is 9.47 Å². The molecule has 0 atom stereocenters. The molecular weight excluding hydrogens is 376 g/mol. The molecule has 0 aromatic heterocycles. The standard InChI is InChI=1S/C26H36O4/c1-5-7-9-11-13-24(27)29-23-18-20(4)26(21-16-15-19(3)17-22(21)23)30-25(28)14-12-10-8-6-2/h15-18H,5-14H2,1-4H3. The van der Waals surface area contributed by atoms with E-state index in [0.717, 1.165) is 73.3 Å². The molecule has 0 aliphatic rings. The summed E-state index contributed by atoms with van der Waals surface area (Å²) >= 11 is 0. The van der Waals surface area contributed by atoms with Crippen molar-refractivity contribution in [1.29, 1.82) is 0 Å². The van der Waals surface area contributed by atoms with Gasteiger partial charge in [-0.05, 0) is 44.4 Å². The Hall–Kier alpha value is -2.36. The van der Waals surface area contributed by atoms with Crippen molar-refractivity contribution in [1.82, 2.24) is 0 Å². The summed E-state index contributed by atoms with van der Waals surface area (Å²) in [7, 11) is 0. The zero-order valence-corrected chi connectivity index (χ0v) is 19.0. The van der Waals surface area contributed by atoms with Gasteiger partial charge in [0.1, 0.15) is 11.5 Å². The predicted octanol–water partition coefficient (Wildman–Crippen LogP) is 7.21. The number of hydrogen-bond donors (Lipinski definition) is 0. The maximum atomic E-state index is 12.4. The number of aryl methyl sites for hydroxylation is 2. The van der Waals surface area contributed by atoms with Gasteiger partial charge in [-0.1, -0.05) is 70.1 Å². The van der Waals surface area contributed by atoms with Crippen LogP contribution in [0.2, 0.25) is 0 Å². The highest BCUT2D eigenvalue weighted by Gasteiger charge is 2.17.